The van der Waals surface area contributed by atoms with Gasteiger partial charge in [0.15, 0.2) is 11.5 Å². The van der Waals surface area contributed by atoms with Gasteiger partial charge in [0.2, 0.25) is 0 Å². The zero-order valence-electron chi connectivity index (χ0n) is 12.2. The van der Waals surface area contributed by atoms with Crippen LogP contribution in [0.5, 0.6) is 11.5 Å². The lowest BCUT2D eigenvalue weighted by Gasteiger charge is -2.22. The molecule has 0 unspecified atom stereocenters. The van der Waals surface area contributed by atoms with Gasteiger partial charge in [-0.2, -0.15) is 0 Å². The summed E-state index contributed by atoms with van der Waals surface area (Å²) in [5.74, 6) is 0.502. The van der Waals surface area contributed by atoms with Crippen molar-refractivity contribution in [1.29, 1.82) is 0 Å². The van der Waals surface area contributed by atoms with Gasteiger partial charge >= 0.3 is 0 Å². The minimum Gasteiger partial charge on any atom is -0.504 e. The Morgan fingerprint density at radius 1 is 1.10 bits per heavy atom. The van der Waals surface area contributed by atoms with Crippen LogP contribution in [-0.2, 0) is 16.0 Å². The van der Waals surface area contributed by atoms with Gasteiger partial charge in [0, 0.05) is 50.5 Å². The van der Waals surface area contributed by atoms with E-state index in [1.165, 1.54) is 7.11 Å². The summed E-state index contributed by atoms with van der Waals surface area (Å²) in [7, 11) is 4.82. The molecule has 1 N–H and O–H groups in total. The number of ether oxygens (including phenoxy) is 3. The zero-order chi connectivity index (χ0) is 15.0. The predicted molar refractivity (Wildman–Crippen MR) is 78.7 cm³/mol. The normalized spacial score (nSPS) is 11.1. The second-order valence-electron chi connectivity index (χ2n) is 4.38. The number of hydrogen-bond donors (Lipinski definition) is 1. The summed E-state index contributed by atoms with van der Waals surface area (Å²) in [6.45, 7) is 3.27. The Morgan fingerprint density at radius 3 is 2.20 bits per heavy atom. The van der Waals surface area contributed by atoms with Crippen LogP contribution in [0.1, 0.15) is 5.56 Å². The second-order valence-corrected chi connectivity index (χ2v) is 4.81. The van der Waals surface area contributed by atoms with Crippen molar-refractivity contribution in [3.8, 4) is 11.5 Å². The lowest BCUT2D eigenvalue weighted by Crippen LogP contribution is -2.30. The van der Waals surface area contributed by atoms with Gasteiger partial charge in [-0.3, -0.25) is 4.90 Å². The topological polar surface area (TPSA) is 51.2 Å². The van der Waals surface area contributed by atoms with Gasteiger partial charge in [0.1, 0.15) is 0 Å². The highest BCUT2D eigenvalue weighted by molar-refractivity contribution is 6.30. The Kier molecular flexibility index (Phi) is 7.69. The van der Waals surface area contributed by atoms with Crippen molar-refractivity contribution in [1.82, 2.24) is 4.90 Å². The van der Waals surface area contributed by atoms with Gasteiger partial charge < -0.3 is 19.3 Å². The van der Waals surface area contributed by atoms with E-state index in [1.54, 1.807) is 26.4 Å². The van der Waals surface area contributed by atoms with E-state index in [0.29, 0.717) is 30.5 Å². The molecule has 1 aromatic carbocycles. The maximum atomic E-state index is 10.1. The van der Waals surface area contributed by atoms with Crippen molar-refractivity contribution in [2.24, 2.45) is 0 Å². The van der Waals surface area contributed by atoms with Gasteiger partial charge in [-0.1, -0.05) is 11.6 Å². The van der Waals surface area contributed by atoms with E-state index < -0.39 is 0 Å². The Bertz CT molecular complexity index is 406. The Hall–Kier alpha value is -1.01. The highest BCUT2D eigenvalue weighted by atomic mass is 35.5. The molecule has 0 saturated carbocycles. The lowest BCUT2D eigenvalue weighted by molar-refractivity contribution is 0.109. The third kappa shape index (κ3) is 5.17. The van der Waals surface area contributed by atoms with E-state index in [2.05, 4.69) is 4.90 Å². The van der Waals surface area contributed by atoms with Crippen molar-refractivity contribution in [3.05, 3.63) is 22.7 Å². The molecule has 0 fully saturated rings. The quantitative estimate of drug-likeness (QED) is 0.757. The van der Waals surface area contributed by atoms with Crippen molar-refractivity contribution in [3.63, 3.8) is 0 Å². The zero-order valence-corrected chi connectivity index (χ0v) is 12.9. The molecule has 6 heteroatoms. The first-order valence-corrected chi connectivity index (χ1v) is 6.75. The van der Waals surface area contributed by atoms with Crippen LogP contribution in [0.3, 0.4) is 0 Å². The summed E-state index contributed by atoms with van der Waals surface area (Å²) in [6.07, 6.45) is 0. The van der Waals surface area contributed by atoms with Crippen LogP contribution in [0.15, 0.2) is 12.1 Å². The monoisotopic (exact) mass is 303 g/mol. The van der Waals surface area contributed by atoms with Crippen LogP contribution in [0.4, 0.5) is 0 Å². The fourth-order valence-corrected chi connectivity index (χ4v) is 2.09. The molecule has 0 aliphatic heterocycles. The number of methoxy groups -OCH3 is 3. The standard InChI is InChI=1S/C14H22ClNO4/c1-18-6-4-16(5-7-19-2)10-11-8-12(15)9-13(20-3)14(11)17/h8-9,17H,4-7,10H2,1-3H3. The Balaban J connectivity index is 2.83. The molecule has 0 bridgehead atoms. The molecule has 0 aromatic heterocycles. The van der Waals surface area contributed by atoms with Gasteiger partial charge in [0.25, 0.3) is 0 Å². The van der Waals surface area contributed by atoms with Crippen LogP contribution in [0, 0.1) is 0 Å². The highest BCUT2D eigenvalue weighted by Crippen LogP contribution is 2.34. The van der Waals surface area contributed by atoms with Crippen LogP contribution in [-0.4, -0.2) is 57.6 Å². The molecule has 20 heavy (non-hydrogen) atoms. The minimum absolute atomic E-state index is 0.122. The summed E-state index contributed by atoms with van der Waals surface area (Å²) >= 11 is 6.03. The van der Waals surface area contributed by atoms with Crippen molar-refractivity contribution in [2.75, 3.05) is 47.6 Å². The van der Waals surface area contributed by atoms with Crippen molar-refractivity contribution >= 4 is 11.6 Å². The Morgan fingerprint density at radius 2 is 1.70 bits per heavy atom. The SMILES string of the molecule is COCCN(CCOC)Cc1cc(Cl)cc(OC)c1O. The first kappa shape index (κ1) is 17.0. The second kappa shape index (κ2) is 9.02. The number of hydrogen-bond acceptors (Lipinski definition) is 5. The van der Waals surface area contributed by atoms with Gasteiger partial charge in [-0.05, 0) is 6.07 Å². The van der Waals surface area contributed by atoms with E-state index in [1.807, 2.05) is 0 Å². The van der Waals surface area contributed by atoms with Crippen LogP contribution >= 0.6 is 11.6 Å². The number of nitrogens with zero attached hydrogens (tertiary/aromatic N) is 1. The average molecular weight is 304 g/mol. The lowest BCUT2D eigenvalue weighted by atomic mass is 10.1. The molecule has 1 rings (SSSR count). The summed E-state index contributed by atoms with van der Waals surface area (Å²) in [6, 6.07) is 3.33. The highest BCUT2D eigenvalue weighted by Gasteiger charge is 2.13. The number of phenolic OH excluding ortho intramolecular Hbond substituents is 1. The number of halogens is 1. The smallest absolute Gasteiger partial charge is 0.162 e. The molecule has 0 radical (unpaired) electrons. The molecule has 5 nitrogen and oxygen atoms in total. The van der Waals surface area contributed by atoms with Crippen molar-refractivity contribution in [2.45, 2.75) is 6.54 Å². The Labute approximate surface area is 125 Å². The van der Waals surface area contributed by atoms with Crippen LogP contribution < -0.4 is 4.74 Å². The van der Waals surface area contributed by atoms with Gasteiger partial charge in [-0.25, -0.2) is 0 Å². The molecule has 0 spiro atoms. The van der Waals surface area contributed by atoms with Crippen molar-refractivity contribution < 1.29 is 19.3 Å². The molecular weight excluding hydrogens is 282 g/mol. The fourth-order valence-electron chi connectivity index (χ4n) is 1.86. The number of phenols is 1. The minimum atomic E-state index is 0.122. The largest absolute Gasteiger partial charge is 0.504 e. The summed E-state index contributed by atoms with van der Waals surface area (Å²) < 4.78 is 15.3. The molecular formula is C14H22ClNO4. The van der Waals surface area contributed by atoms with Crippen LogP contribution in [0.2, 0.25) is 5.02 Å². The fraction of sp³-hybridized carbons (Fsp3) is 0.571. The van der Waals surface area contributed by atoms with E-state index in [4.69, 9.17) is 25.8 Å². The molecule has 0 saturated heterocycles. The summed E-state index contributed by atoms with van der Waals surface area (Å²) in [5.41, 5.74) is 0.724. The third-order valence-corrected chi connectivity index (χ3v) is 3.17. The summed E-state index contributed by atoms with van der Waals surface area (Å²) in [4.78, 5) is 2.12. The van der Waals surface area contributed by atoms with Gasteiger partial charge in [-0.15, -0.1) is 0 Å². The average Bonchev–Trinajstić information content (AvgIpc) is 2.45. The van der Waals surface area contributed by atoms with E-state index >= 15 is 0 Å². The number of rotatable bonds is 9. The maximum Gasteiger partial charge on any atom is 0.162 e. The van der Waals surface area contributed by atoms with E-state index in [-0.39, 0.29) is 5.75 Å². The first-order chi connectivity index (χ1) is 9.62. The maximum absolute atomic E-state index is 10.1. The predicted octanol–water partition coefficient (Wildman–Crippen LogP) is 2.15. The molecule has 0 atom stereocenters. The molecule has 0 amide bonds. The third-order valence-electron chi connectivity index (χ3n) is 2.96. The van der Waals surface area contributed by atoms with Gasteiger partial charge in [0.05, 0.1) is 20.3 Å². The molecule has 1 aromatic rings. The van der Waals surface area contributed by atoms with E-state index in [0.717, 1.165) is 18.7 Å². The van der Waals surface area contributed by atoms with Crippen LogP contribution in [0.25, 0.3) is 0 Å². The molecule has 114 valence electrons. The molecule has 0 aliphatic rings. The number of benzene rings is 1. The van der Waals surface area contributed by atoms with E-state index in [9.17, 15) is 5.11 Å². The molecule has 0 aliphatic carbocycles. The first-order valence-electron chi connectivity index (χ1n) is 6.38. The summed E-state index contributed by atoms with van der Waals surface area (Å²) in [5, 5.41) is 10.7. The number of aromatic hydroxyl groups is 1. The molecule has 0 heterocycles.